The van der Waals surface area contributed by atoms with Crippen molar-refractivity contribution < 1.29 is 24.8 Å². The molecule has 0 spiro atoms. The van der Waals surface area contributed by atoms with Crippen LogP contribution in [0.15, 0.2) is 24.3 Å². The number of para-hydroxylation sites is 1. The number of piperidine rings is 3. The first-order chi connectivity index (χ1) is 11.4. The normalized spacial score (nSPS) is 35.9. The Morgan fingerprint density at radius 2 is 1.88 bits per heavy atom. The fourth-order valence-electron chi connectivity index (χ4n) is 6.48. The number of nitrogens with one attached hydrogen (secondary N) is 2. The van der Waals surface area contributed by atoms with Crippen LogP contribution in [-0.2, 0) is 6.42 Å². The lowest BCUT2D eigenvalue weighted by Gasteiger charge is -2.61. The predicted molar refractivity (Wildman–Crippen MR) is 92.5 cm³/mol. The van der Waals surface area contributed by atoms with Gasteiger partial charge >= 0.3 is 0 Å². The van der Waals surface area contributed by atoms with Gasteiger partial charge in [0.1, 0.15) is 0 Å². The van der Waals surface area contributed by atoms with Crippen molar-refractivity contribution in [3.05, 3.63) is 35.5 Å². The second-order valence-electron chi connectivity index (χ2n) is 8.09. The van der Waals surface area contributed by atoms with Gasteiger partial charge in [0, 0.05) is 35.2 Å². The van der Waals surface area contributed by atoms with E-state index in [1.165, 1.54) is 56.1 Å². The molecule has 5 heteroatoms. The number of nitrogens with zero attached hydrogens (tertiary/aromatic N) is 1. The summed E-state index contributed by atoms with van der Waals surface area (Å²) in [7, 11) is 0. The van der Waals surface area contributed by atoms with E-state index >= 15 is 0 Å². The van der Waals surface area contributed by atoms with Crippen molar-refractivity contribution in [2.45, 2.75) is 50.2 Å². The molecule has 0 amide bonds. The van der Waals surface area contributed by atoms with Gasteiger partial charge < -0.3 is 35.1 Å². The van der Waals surface area contributed by atoms with Gasteiger partial charge in [-0.1, -0.05) is 18.2 Å². The molecule has 2 aromatic rings. The molecular weight excluding hydrogens is 353 g/mol. The zero-order valence-corrected chi connectivity index (χ0v) is 15.9. The number of hydrogen-bond acceptors (Lipinski definition) is 2. The number of halogens is 2. The first-order valence-electron chi connectivity index (χ1n) is 9.50. The summed E-state index contributed by atoms with van der Waals surface area (Å²) in [5.74, 6) is 1.71. The van der Waals surface area contributed by atoms with E-state index in [-0.39, 0.29) is 24.8 Å². The van der Waals surface area contributed by atoms with E-state index in [1.54, 1.807) is 11.3 Å². The van der Waals surface area contributed by atoms with E-state index in [0.29, 0.717) is 6.04 Å². The van der Waals surface area contributed by atoms with E-state index in [9.17, 15) is 0 Å². The summed E-state index contributed by atoms with van der Waals surface area (Å²) in [5.41, 5.74) is 4.51. The maximum absolute atomic E-state index is 3.91. The molecule has 136 valence electrons. The fourth-order valence-corrected chi connectivity index (χ4v) is 6.48. The average Bonchev–Trinajstić information content (AvgIpc) is 3.01. The SMILES string of the molecule is [Cl-].[Cl-].c1ccc2c3c([nH]c2c1)[C@H]1C2CCC([C@@H]4CCCN[C@H]24)N1CC3. The standard InChI is InChI=1S/C20H25N3.2ClH/c1-2-6-16-12(4-1)13-9-11-23-17-8-7-15(20(23)19(13)22-16)18-14(17)5-3-10-21-18;;/h1-2,4,6,14-15,17-18,20-22H,3,5,7-11H2;2*1H/p-2/t14-,15?,17?,18-,20+;;/m0../s1. The molecule has 25 heavy (non-hydrogen) atoms. The lowest BCUT2D eigenvalue weighted by Crippen LogP contribution is -3.00. The Kier molecular flexibility index (Phi) is 4.56. The van der Waals surface area contributed by atoms with Gasteiger partial charge in [-0.05, 0) is 62.1 Å². The molecule has 1 aliphatic carbocycles. The van der Waals surface area contributed by atoms with Crippen molar-refractivity contribution in [1.82, 2.24) is 15.2 Å². The molecule has 0 radical (unpaired) electrons. The number of H-pyrrole nitrogens is 1. The van der Waals surface area contributed by atoms with Crippen LogP contribution in [0.1, 0.15) is 43.0 Å². The first-order valence-corrected chi connectivity index (χ1v) is 9.50. The van der Waals surface area contributed by atoms with Crippen molar-refractivity contribution in [1.29, 1.82) is 0 Å². The third-order valence-corrected chi connectivity index (χ3v) is 7.26. The van der Waals surface area contributed by atoms with Gasteiger partial charge in [0.25, 0.3) is 0 Å². The van der Waals surface area contributed by atoms with Crippen molar-refractivity contribution >= 4 is 10.9 Å². The summed E-state index contributed by atoms with van der Waals surface area (Å²) < 4.78 is 0. The average molecular weight is 378 g/mol. The van der Waals surface area contributed by atoms with Crippen LogP contribution in [0.3, 0.4) is 0 Å². The topological polar surface area (TPSA) is 31.1 Å². The van der Waals surface area contributed by atoms with E-state index in [2.05, 4.69) is 39.5 Å². The molecule has 3 nitrogen and oxygen atoms in total. The summed E-state index contributed by atoms with van der Waals surface area (Å²) >= 11 is 0. The van der Waals surface area contributed by atoms with Gasteiger partial charge in [0.15, 0.2) is 0 Å². The Balaban J connectivity index is 0.000000784. The first kappa shape index (κ1) is 17.7. The highest BCUT2D eigenvalue weighted by molar-refractivity contribution is 5.85. The Morgan fingerprint density at radius 3 is 2.80 bits per heavy atom. The third-order valence-electron chi connectivity index (χ3n) is 7.26. The summed E-state index contributed by atoms with van der Waals surface area (Å²) in [6.07, 6.45) is 6.89. The molecule has 7 rings (SSSR count). The highest BCUT2D eigenvalue weighted by Crippen LogP contribution is 2.54. The zero-order chi connectivity index (χ0) is 15.0. The number of fused-ring (bicyclic) bond motifs is 4. The maximum atomic E-state index is 3.91. The Labute approximate surface area is 161 Å². The van der Waals surface area contributed by atoms with Gasteiger partial charge in [0.05, 0.1) is 6.04 Å². The van der Waals surface area contributed by atoms with Crippen molar-refractivity contribution in [2.24, 2.45) is 11.8 Å². The van der Waals surface area contributed by atoms with Crippen LogP contribution in [0.5, 0.6) is 0 Å². The molecule has 2 unspecified atom stereocenters. The predicted octanol–water partition coefficient (Wildman–Crippen LogP) is -2.76. The van der Waals surface area contributed by atoms with Crippen molar-refractivity contribution in [2.75, 3.05) is 13.1 Å². The summed E-state index contributed by atoms with van der Waals surface area (Å²) in [5, 5.41) is 5.38. The Morgan fingerprint density at radius 1 is 1.00 bits per heavy atom. The number of rotatable bonds is 0. The van der Waals surface area contributed by atoms with E-state index in [0.717, 1.165) is 23.9 Å². The molecule has 1 aromatic heterocycles. The van der Waals surface area contributed by atoms with Crippen molar-refractivity contribution in [3.8, 4) is 0 Å². The van der Waals surface area contributed by atoms with Gasteiger partial charge in [-0.15, -0.1) is 0 Å². The van der Waals surface area contributed by atoms with Crippen LogP contribution in [0.2, 0.25) is 0 Å². The molecule has 5 aliphatic rings. The van der Waals surface area contributed by atoms with Gasteiger partial charge in [-0.2, -0.15) is 0 Å². The number of aromatic amines is 1. The number of benzene rings is 1. The van der Waals surface area contributed by atoms with Crippen LogP contribution in [-0.4, -0.2) is 35.1 Å². The minimum Gasteiger partial charge on any atom is -1.00 e. The molecule has 2 bridgehead atoms. The fraction of sp³-hybridized carbons (Fsp3) is 0.600. The van der Waals surface area contributed by atoms with Crippen LogP contribution in [0.4, 0.5) is 0 Å². The second-order valence-corrected chi connectivity index (χ2v) is 8.09. The lowest BCUT2D eigenvalue weighted by atomic mass is 9.61. The maximum Gasteiger partial charge on any atom is 0.0547 e. The van der Waals surface area contributed by atoms with E-state index in [4.69, 9.17) is 0 Å². The summed E-state index contributed by atoms with van der Waals surface area (Å²) in [4.78, 5) is 6.72. The molecule has 4 fully saturated rings. The smallest absolute Gasteiger partial charge is 0.0547 e. The molecular formula is C20H25Cl2N3-2. The number of hydrogen-bond donors (Lipinski definition) is 2. The van der Waals surface area contributed by atoms with Gasteiger partial charge in [0.2, 0.25) is 0 Å². The van der Waals surface area contributed by atoms with E-state index in [1.807, 2.05) is 0 Å². The van der Waals surface area contributed by atoms with Gasteiger partial charge in [-0.25, -0.2) is 0 Å². The summed E-state index contributed by atoms with van der Waals surface area (Å²) in [6, 6.07) is 11.1. The molecule has 1 aromatic carbocycles. The lowest BCUT2D eigenvalue weighted by molar-refractivity contribution is -0.0920. The molecule has 3 saturated heterocycles. The minimum atomic E-state index is 0. The van der Waals surface area contributed by atoms with Crippen LogP contribution in [0.25, 0.3) is 10.9 Å². The second kappa shape index (κ2) is 6.45. The molecule has 2 N–H and O–H groups in total. The van der Waals surface area contributed by atoms with Crippen molar-refractivity contribution in [3.63, 3.8) is 0 Å². The molecule has 1 saturated carbocycles. The quantitative estimate of drug-likeness (QED) is 0.521. The summed E-state index contributed by atoms with van der Waals surface area (Å²) in [6.45, 7) is 2.50. The van der Waals surface area contributed by atoms with Gasteiger partial charge in [-0.3, -0.25) is 4.90 Å². The van der Waals surface area contributed by atoms with Crippen LogP contribution >= 0.6 is 0 Å². The number of aromatic nitrogens is 1. The van der Waals surface area contributed by atoms with Crippen LogP contribution < -0.4 is 30.1 Å². The molecule has 5 atom stereocenters. The monoisotopic (exact) mass is 377 g/mol. The van der Waals surface area contributed by atoms with Crippen LogP contribution in [0, 0.1) is 11.8 Å². The highest BCUT2D eigenvalue weighted by Gasteiger charge is 2.55. The largest absolute Gasteiger partial charge is 1.00 e. The third kappa shape index (κ3) is 2.32. The highest BCUT2D eigenvalue weighted by atomic mass is 35.5. The Hall–Kier alpha value is -0.740. The zero-order valence-electron chi connectivity index (χ0n) is 14.3. The Bertz CT molecular complexity index is 773. The minimum absolute atomic E-state index is 0. The molecule has 5 heterocycles. The molecule has 4 aliphatic heterocycles. The van der Waals surface area contributed by atoms with E-state index < -0.39 is 0 Å².